The van der Waals surface area contributed by atoms with Gasteiger partial charge in [0.1, 0.15) is 17.2 Å². The average Bonchev–Trinajstić information content (AvgIpc) is 2.26. The Morgan fingerprint density at radius 2 is 1.63 bits per heavy atom. The standard InChI is InChI=1S/C16H20F2O/c1-16(19,12-7-5-3-2-4-6-8-12)13-9-14(17)11-15(18)10-13/h7,9-11,19H,2-6,8H2,1H3/b12-7+. The first-order valence-electron chi connectivity index (χ1n) is 6.88. The molecule has 0 saturated carbocycles. The van der Waals surface area contributed by atoms with Crippen LogP contribution in [0.5, 0.6) is 0 Å². The van der Waals surface area contributed by atoms with Gasteiger partial charge in [-0.05, 0) is 55.9 Å². The molecule has 1 aliphatic carbocycles. The van der Waals surface area contributed by atoms with Crippen molar-refractivity contribution in [1.82, 2.24) is 0 Å². The van der Waals surface area contributed by atoms with Gasteiger partial charge in [-0.15, -0.1) is 0 Å². The van der Waals surface area contributed by atoms with Gasteiger partial charge in [-0.25, -0.2) is 8.78 Å². The van der Waals surface area contributed by atoms with Gasteiger partial charge in [0.2, 0.25) is 0 Å². The van der Waals surface area contributed by atoms with Crippen LogP contribution >= 0.6 is 0 Å². The normalized spacial score (nSPS) is 22.8. The highest BCUT2D eigenvalue weighted by Crippen LogP contribution is 2.34. The van der Waals surface area contributed by atoms with Crippen molar-refractivity contribution in [3.05, 3.63) is 47.0 Å². The van der Waals surface area contributed by atoms with Crippen LogP contribution in [-0.4, -0.2) is 5.11 Å². The summed E-state index contributed by atoms with van der Waals surface area (Å²) in [5.74, 6) is -1.30. The lowest BCUT2D eigenvalue weighted by molar-refractivity contribution is 0.0915. The minimum Gasteiger partial charge on any atom is -0.381 e. The summed E-state index contributed by atoms with van der Waals surface area (Å²) in [6.07, 6.45) is 8.21. The molecular formula is C16H20F2O. The minimum atomic E-state index is -1.29. The first-order valence-corrected chi connectivity index (χ1v) is 6.88. The molecule has 0 radical (unpaired) electrons. The van der Waals surface area contributed by atoms with Crippen molar-refractivity contribution in [1.29, 1.82) is 0 Å². The molecule has 19 heavy (non-hydrogen) atoms. The highest BCUT2D eigenvalue weighted by atomic mass is 19.1. The van der Waals surface area contributed by atoms with Crippen LogP contribution in [-0.2, 0) is 5.60 Å². The molecule has 1 unspecified atom stereocenters. The Morgan fingerprint density at radius 3 is 2.32 bits per heavy atom. The molecule has 0 fully saturated rings. The molecule has 104 valence electrons. The molecule has 1 aromatic rings. The zero-order valence-corrected chi connectivity index (χ0v) is 11.3. The topological polar surface area (TPSA) is 20.2 Å². The van der Waals surface area contributed by atoms with Gasteiger partial charge in [-0.3, -0.25) is 0 Å². The van der Waals surface area contributed by atoms with Crippen LogP contribution in [0.3, 0.4) is 0 Å². The highest BCUT2D eigenvalue weighted by Gasteiger charge is 2.29. The van der Waals surface area contributed by atoms with Gasteiger partial charge < -0.3 is 5.11 Å². The van der Waals surface area contributed by atoms with Gasteiger partial charge in [0.15, 0.2) is 0 Å². The molecule has 0 aliphatic heterocycles. The van der Waals surface area contributed by atoms with Crippen molar-refractivity contribution in [3.63, 3.8) is 0 Å². The van der Waals surface area contributed by atoms with Crippen molar-refractivity contribution in [3.8, 4) is 0 Å². The first-order chi connectivity index (χ1) is 9.00. The van der Waals surface area contributed by atoms with E-state index >= 15 is 0 Å². The van der Waals surface area contributed by atoms with Gasteiger partial charge >= 0.3 is 0 Å². The number of allylic oxidation sites excluding steroid dienone is 1. The van der Waals surface area contributed by atoms with Crippen LogP contribution in [0.1, 0.15) is 51.0 Å². The summed E-state index contributed by atoms with van der Waals surface area (Å²) in [6.45, 7) is 1.62. The van der Waals surface area contributed by atoms with Crippen molar-refractivity contribution < 1.29 is 13.9 Å². The second-order valence-corrected chi connectivity index (χ2v) is 5.41. The van der Waals surface area contributed by atoms with E-state index < -0.39 is 17.2 Å². The molecule has 0 aromatic heterocycles. The summed E-state index contributed by atoms with van der Waals surface area (Å²) in [6, 6.07) is 3.25. The fourth-order valence-electron chi connectivity index (χ4n) is 2.65. The summed E-state index contributed by atoms with van der Waals surface area (Å²) in [5.41, 5.74) is -0.130. The largest absolute Gasteiger partial charge is 0.381 e. The Bertz CT molecular complexity index is 457. The number of rotatable bonds is 2. The van der Waals surface area contributed by atoms with E-state index in [1.807, 2.05) is 6.08 Å². The monoisotopic (exact) mass is 266 g/mol. The van der Waals surface area contributed by atoms with Gasteiger partial charge in [0, 0.05) is 6.07 Å². The molecule has 1 N–H and O–H groups in total. The molecule has 1 aliphatic rings. The lowest BCUT2D eigenvalue weighted by Crippen LogP contribution is -2.25. The molecule has 0 bridgehead atoms. The molecule has 2 rings (SSSR count). The molecule has 1 aromatic carbocycles. The Balaban J connectivity index is 2.33. The molecule has 1 nitrogen and oxygen atoms in total. The Labute approximate surface area is 113 Å². The summed E-state index contributed by atoms with van der Waals surface area (Å²) >= 11 is 0. The predicted molar refractivity (Wildman–Crippen MR) is 71.7 cm³/mol. The SMILES string of the molecule is CC(O)(/C1=C/CCCCCC1)c1cc(F)cc(F)c1. The quantitative estimate of drug-likeness (QED) is 0.784. The van der Waals surface area contributed by atoms with Crippen LogP contribution in [0.15, 0.2) is 29.8 Å². The van der Waals surface area contributed by atoms with E-state index in [1.165, 1.54) is 18.6 Å². The van der Waals surface area contributed by atoms with Gasteiger partial charge in [-0.1, -0.05) is 18.9 Å². The summed E-state index contributed by atoms with van der Waals surface area (Å²) < 4.78 is 26.6. The van der Waals surface area contributed by atoms with Crippen LogP contribution in [0, 0.1) is 11.6 Å². The van der Waals surface area contributed by atoms with Crippen LogP contribution in [0.25, 0.3) is 0 Å². The van der Waals surface area contributed by atoms with E-state index in [2.05, 4.69) is 0 Å². The zero-order chi connectivity index (χ0) is 13.9. The van der Waals surface area contributed by atoms with E-state index in [1.54, 1.807) is 6.92 Å². The van der Waals surface area contributed by atoms with E-state index in [-0.39, 0.29) is 5.56 Å². The zero-order valence-electron chi connectivity index (χ0n) is 11.3. The Kier molecular flexibility index (Phi) is 4.35. The van der Waals surface area contributed by atoms with Gasteiger partial charge in [0.05, 0.1) is 0 Å². The molecule has 0 saturated heterocycles. The minimum absolute atomic E-state index is 0.289. The third-order valence-electron chi connectivity index (χ3n) is 3.84. The molecule has 0 amide bonds. The summed E-state index contributed by atoms with van der Waals surface area (Å²) in [5, 5.41) is 10.7. The number of aliphatic hydroxyl groups is 1. The molecule has 3 heteroatoms. The van der Waals surface area contributed by atoms with Gasteiger partial charge in [0.25, 0.3) is 0 Å². The van der Waals surface area contributed by atoms with Crippen molar-refractivity contribution >= 4 is 0 Å². The fraction of sp³-hybridized carbons (Fsp3) is 0.500. The molecule has 0 spiro atoms. The fourth-order valence-corrected chi connectivity index (χ4v) is 2.65. The van der Waals surface area contributed by atoms with E-state index in [0.29, 0.717) is 0 Å². The molecule has 1 atom stereocenters. The maximum absolute atomic E-state index is 13.3. The number of hydrogen-bond acceptors (Lipinski definition) is 1. The Hall–Kier alpha value is -1.22. The predicted octanol–water partition coefficient (Wildman–Crippen LogP) is 4.45. The first kappa shape index (κ1) is 14.2. The third-order valence-corrected chi connectivity index (χ3v) is 3.84. The number of benzene rings is 1. The van der Waals surface area contributed by atoms with Crippen molar-refractivity contribution in [2.24, 2.45) is 0 Å². The number of halogens is 2. The van der Waals surface area contributed by atoms with Crippen molar-refractivity contribution in [2.75, 3.05) is 0 Å². The van der Waals surface area contributed by atoms with Crippen LogP contribution in [0.4, 0.5) is 8.78 Å². The Morgan fingerprint density at radius 1 is 1.00 bits per heavy atom. The highest BCUT2D eigenvalue weighted by molar-refractivity contribution is 5.33. The smallest absolute Gasteiger partial charge is 0.126 e. The maximum Gasteiger partial charge on any atom is 0.126 e. The van der Waals surface area contributed by atoms with E-state index in [4.69, 9.17) is 0 Å². The second-order valence-electron chi connectivity index (χ2n) is 5.41. The third kappa shape index (κ3) is 3.41. The molecular weight excluding hydrogens is 246 g/mol. The maximum atomic E-state index is 13.3. The lowest BCUT2D eigenvalue weighted by atomic mass is 9.83. The summed E-state index contributed by atoms with van der Waals surface area (Å²) in [7, 11) is 0. The average molecular weight is 266 g/mol. The van der Waals surface area contributed by atoms with E-state index in [9.17, 15) is 13.9 Å². The summed E-state index contributed by atoms with van der Waals surface area (Å²) in [4.78, 5) is 0. The lowest BCUT2D eigenvalue weighted by Gasteiger charge is -2.29. The van der Waals surface area contributed by atoms with E-state index in [0.717, 1.165) is 43.7 Å². The van der Waals surface area contributed by atoms with Crippen LogP contribution in [0.2, 0.25) is 0 Å². The van der Waals surface area contributed by atoms with Crippen LogP contribution < -0.4 is 0 Å². The van der Waals surface area contributed by atoms with Crippen molar-refractivity contribution in [2.45, 2.75) is 51.0 Å². The number of hydrogen-bond donors (Lipinski definition) is 1. The second kappa shape index (κ2) is 5.83. The van der Waals surface area contributed by atoms with Gasteiger partial charge in [-0.2, -0.15) is 0 Å². The molecule has 0 heterocycles.